The van der Waals surface area contributed by atoms with E-state index in [2.05, 4.69) is 62.4 Å². The maximum absolute atomic E-state index is 4.91. The van der Waals surface area contributed by atoms with Gasteiger partial charge in [0.05, 0.1) is 11.4 Å². The largest absolute Gasteiger partial charge is 0.228 e. The van der Waals surface area contributed by atoms with Crippen molar-refractivity contribution in [1.82, 2.24) is 9.97 Å². The molecule has 3 aromatic rings. The Morgan fingerprint density at radius 3 is 2.00 bits per heavy atom. The Balaban J connectivity index is 2.24. The predicted molar refractivity (Wildman–Crippen MR) is 102 cm³/mol. The van der Waals surface area contributed by atoms with Gasteiger partial charge in [0.25, 0.3) is 0 Å². The highest BCUT2D eigenvalue weighted by Gasteiger charge is 2.14. The number of benzene rings is 2. The number of nitrogens with zero attached hydrogens (tertiary/aromatic N) is 2. The number of aromatic nitrogens is 2. The zero-order valence-corrected chi connectivity index (χ0v) is 14.2. The minimum Gasteiger partial charge on any atom is -0.228 e. The van der Waals surface area contributed by atoms with Crippen LogP contribution in [0.15, 0.2) is 66.7 Å². The Bertz CT molecular complexity index is 821. The Labute approximate surface area is 143 Å². The SMILES string of the molecule is CC/C=C\c1nc(-c2ccccc2)nc(-c2ccccc2)c1CC. The molecule has 0 fully saturated rings. The molecule has 0 aliphatic carbocycles. The second-order valence-corrected chi connectivity index (χ2v) is 5.66. The first-order chi connectivity index (χ1) is 11.8. The Morgan fingerprint density at radius 1 is 0.792 bits per heavy atom. The van der Waals surface area contributed by atoms with Crippen LogP contribution >= 0.6 is 0 Å². The summed E-state index contributed by atoms with van der Waals surface area (Å²) in [6.07, 6.45) is 6.18. The second-order valence-electron chi connectivity index (χ2n) is 5.66. The summed E-state index contributed by atoms with van der Waals surface area (Å²) >= 11 is 0. The average Bonchev–Trinajstić information content (AvgIpc) is 2.67. The maximum atomic E-state index is 4.91. The summed E-state index contributed by atoms with van der Waals surface area (Å²) in [4.78, 5) is 9.75. The molecular formula is C22H22N2. The molecule has 120 valence electrons. The van der Waals surface area contributed by atoms with E-state index >= 15 is 0 Å². The number of rotatable bonds is 5. The average molecular weight is 314 g/mol. The van der Waals surface area contributed by atoms with Crippen molar-refractivity contribution in [2.24, 2.45) is 0 Å². The predicted octanol–water partition coefficient (Wildman–Crippen LogP) is 5.80. The highest BCUT2D eigenvalue weighted by atomic mass is 14.9. The van der Waals surface area contributed by atoms with Crippen molar-refractivity contribution in [3.8, 4) is 22.6 Å². The molecule has 0 spiro atoms. The third-order valence-electron chi connectivity index (χ3n) is 3.98. The lowest BCUT2D eigenvalue weighted by molar-refractivity contribution is 1.04. The molecule has 0 saturated carbocycles. The van der Waals surface area contributed by atoms with Crippen LogP contribution in [0.1, 0.15) is 31.5 Å². The van der Waals surface area contributed by atoms with Crippen molar-refractivity contribution < 1.29 is 0 Å². The smallest absolute Gasteiger partial charge is 0.160 e. The van der Waals surface area contributed by atoms with E-state index in [1.165, 1.54) is 5.56 Å². The fraction of sp³-hybridized carbons (Fsp3) is 0.182. The standard InChI is InChI=1S/C22H22N2/c1-3-5-16-20-19(4-2)21(17-12-8-6-9-13-17)24-22(23-20)18-14-10-7-11-15-18/h5-16H,3-4H2,1-2H3/b16-5-. The zero-order chi connectivity index (χ0) is 16.8. The molecule has 0 radical (unpaired) electrons. The molecule has 0 unspecified atom stereocenters. The van der Waals surface area contributed by atoms with E-state index in [4.69, 9.17) is 9.97 Å². The number of hydrogen-bond acceptors (Lipinski definition) is 2. The molecule has 0 saturated heterocycles. The van der Waals surface area contributed by atoms with Gasteiger partial charge in [0.2, 0.25) is 0 Å². The first-order valence-electron chi connectivity index (χ1n) is 8.51. The van der Waals surface area contributed by atoms with Crippen LogP contribution in [0.25, 0.3) is 28.7 Å². The second kappa shape index (κ2) is 7.69. The van der Waals surface area contributed by atoms with Gasteiger partial charge in [0, 0.05) is 16.7 Å². The summed E-state index contributed by atoms with van der Waals surface area (Å²) in [5.74, 6) is 0.780. The highest BCUT2D eigenvalue weighted by Crippen LogP contribution is 2.28. The van der Waals surface area contributed by atoms with E-state index in [-0.39, 0.29) is 0 Å². The minimum atomic E-state index is 0.780. The van der Waals surface area contributed by atoms with Crippen LogP contribution in [0.4, 0.5) is 0 Å². The lowest BCUT2D eigenvalue weighted by atomic mass is 10.0. The molecule has 3 rings (SSSR count). The van der Waals surface area contributed by atoms with Crippen molar-refractivity contribution in [2.75, 3.05) is 0 Å². The van der Waals surface area contributed by atoms with E-state index in [0.717, 1.165) is 41.2 Å². The molecule has 1 aromatic heterocycles. The zero-order valence-electron chi connectivity index (χ0n) is 14.2. The third kappa shape index (κ3) is 3.43. The third-order valence-corrected chi connectivity index (χ3v) is 3.98. The first kappa shape index (κ1) is 16.1. The summed E-state index contributed by atoms with van der Waals surface area (Å²) in [5.41, 5.74) is 5.43. The van der Waals surface area contributed by atoms with Gasteiger partial charge in [-0.2, -0.15) is 0 Å². The Hall–Kier alpha value is -2.74. The maximum Gasteiger partial charge on any atom is 0.160 e. The molecular weight excluding hydrogens is 292 g/mol. The summed E-state index contributed by atoms with van der Waals surface area (Å²) in [6.45, 7) is 4.30. The van der Waals surface area contributed by atoms with Gasteiger partial charge in [-0.1, -0.05) is 80.6 Å². The van der Waals surface area contributed by atoms with Crippen LogP contribution in [0.5, 0.6) is 0 Å². The molecule has 0 N–H and O–H groups in total. The Morgan fingerprint density at radius 2 is 1.42 bits per heavy atom. The van der Waals surface area contributed by atoms with Gasteiger partial charge in [0.1, 0.15) is 0 Å². The minimum absolute atomic E-state index is 0.780. The molecule has 2 nitrogen and oxygen atoms in total. The van der Waals surface area contributed by atoms with E-state index in [9.17, 15) is 0 Å². The van der Waals surface area contributed by atoms with Crippen molar-refractivity contribution >= 4 is 6.08 Å². The normalized spacial score (nSPS) is 11.1. The van der Waals surface area contributed by atoms with E-state index in [0.29, 0.717) is 0 Å². The summed E-state index contributed by atoms with van der Waals surface area (Å²) in [5, 5.41) is 0. The molecule has 24 heavy (non-hydrogen) atoms. The fourth-order valence-electron chi connectivity index (χ4n) is 2.77. The van der Waals surface area contributed by atoms with Gasteiger partial charge in [-0.25, -0.2) is 9.97 Å². The van der Waals surface area contributed by atoms with Crippen LogP contribution in [0, 0.1) is 0 Å². The molecule has 0 amide bonds. The first-order valence-corrected chi connectivity index (χ1v) is 8.51. The van der Waals surface area contributed by atoms with Gasteiger partial charge in [0.15, 0.2) is 5.82 Å². The molecule has 0 atom stereocenters. The summed E-state index contributed by atoms with van der Waals surface area (Å²) < 4.78 is 0. The van der Waals surface area contributed by atoms with Crippen LogP contribution in [-0.2, 0) is 6.42 Å². The van der Waals surface area contributed by atoms with Crippen LogP contribution < -0.4 is 0 Å². The number of hydrogen-bond donors (Lipinski definition) is 0. The van der Waals surface area contributed by atoms with Crippen LogP contribution in [-0.4, -0.2) is 9.97 Å². The van der Waals surface area contributed by atoms with Crippen molar-refractivity contribution in [2.45, 2.75) is 26.7 Å². The fourth-order valence-corrected chi connectivity index (χ4v) is 2.77. The highest BCUT2D eigenvalue weighted by molar-refractivity contribution is 5.71. The van der Waals surface area contributed by atoms with Crippen molar-refractivity contribution in [1.29, 1.82) is 0 Å². The number of allylic oxidation sites excluding steroid dienone is 1. The van der Waals surface area contributed by atoms with E-state index in [1.54, 1.807) is 0 Å². The molecule has 0 aliphatic heterocycles. The molecule has 0 bridgehead atoms. The topological polar surface area (TPSA) is 25.8 Å². The van der Waals surface area contributed by atoms with E-state index < -0.39 is 0 Å². The van der Waals surface area contributed by atoms with E-state index in [1.807, 2.05) is 24.3 Å². The lowest BCUT2D eigenvalue weighted by Gasteiger charge is -2.13. The molecule has 2 aromatic carbocycles. The van der Waals surface area contributed by atoms with Crippen molar-refractivity contribution in [3.63, 3.8) is 0 Å². The van der Waals surface area contributed by atoms with Crippen molar-refractivity contribution in [3.05, 3.63) is 78.0 Å². The van der Waals surface area contributed by atoms with Gasteiger partial charge in [-0.05, 0) is 18.9 Å². The molecule has 1 heterocycles. The van der Waals surface area contributed by atoms with Crippen LogP contribution in [0.3, 0.4) is 0 Å². The molecule has 2 heteroatoms. The summed E-state index contributed by atoms with van der Waals surface area (Å²) in [6, 6.07) is 20.6. The van der Waals surface area contributed by atoms with Gasteiger partial charge in [-0.3, -0.25) is 0 Å². The monoisotopic (exact) mass is 314 g/mol. The Kier molecular flexibility index (Phi) is 5.17. The molecule has 0 aliphatic rings. The quantitative estimate of drug-likeness (QED) is 0.595. The lowest BCUT2D eigenvalue weighted by Crippen LogP contribution is -2.02. The van der Waals surface area contributed by atoms with Gasteiger partial charge < -0.3 is 0 Å². The van der Waals surface area contributed by atoms with Crippen LogP contribution in [0.2, 0.25) is 0 Å². The van der Waals surface area contributed by atoms with Gasteiger partial charge >= 0.3 is 0 Å². The van der Waals surface area contributed by atoms with Gasteiger partial charge in [-0.15, -0.1) is 0 Å². The summed E-state index contributed by atoms with van der Waals surface area (Å²) in [7, 11) is 0.